The number of anilines is 2. The molecular weight excluding hydrogens is 272 g/mol. The molecular formula is C15H24N2O2S. The van der Waals surface area contributed by atoms with Crippen LogP contribution in [0.15, 0.2) is 18.2 Å². The van der Waals surface area contributed by atoms with Gasteiger partial charge >= 0.3 is 0 Å². The van der Waals surface area contributed by atoms with E-state index in [4.69, 9.17) is 10.5 Å². The second-order valence-electron chi connectivity index (χ2n) is 5.14. The van der Waals surface area contributed by atoms with Crippen molar-refractivity contribution in [3.05, 3.63) is 18.2 Å². The van der Waals surface area contributed by atoms with E-state index in [-0.39, 0.29) is 11.2 Å². The number of methoxy groups -OCH3 is 1. The van der Waals surface area contributed by atoms with E-state index in [1.165, 1.54) is 0 Å². The molecule has 1 aromatic rings. The smallest absolute Gasteiger partial charge is 0.237 e. The molecule has 0 saturated carbocycles. The molecule has 3 N–H and O–H groups in total. The summed E-state index contributed by atoms with van der Waals surface area (Å²) in [7, 11) is 1.57. The Bertz CT molecular complexity index is 449. The van der Waals surface area contributed by atoms with Crippen LogP contribution >= 0.6 is 11.8 Å². The topological polar surface area (TPSA) is 64.3 Å². The first-order valence-corrected chi connectivity index (χ1v) is 7.85. The summed E-state index contributed by atoms with van der Waals surface area (Å²) in [4.78, 5) is 12.1. The van der Waals surface area contributed by atoms with E-state index in [1.807, 2.05) is 6.92 Å². The van der Waals surface area contributed by atoms with Gasteiger partial charge in [-0.3, -0.25) is 4.79 Å². The van der Waals surface area contributed by atoms with Gasteiger partial charge in [-0.05, 0) is 43.2 Å². The number of hydrogen-bond acceptors (Lipinski definition) is 4. The number of nitrogens with one attached hydrogen (secondary N) is 1. The van der Waals surface area contributed by atoms with E-state index in [0.29, 0.717) is 23.0 Å². The highest BCUT2D eigenvalue weighted by atomic mass is 32.2. The summed E-state index contributed by atoms with van der Waals surface area (Å²) < 4.78 is 5.22. The molecule has 5 heteroatoms. The molecule has 0 spiro atoms. The molecule has 4 nitrogen and oxygen atoms in total. The molecule has 1 amide bonds. The highest BCUT2D eigenvalue weighted by Gasteiger charge is 2.15. The minimum atomic E-state index is -0.0973. The second-order valence-corrected chi connectivity index (χ2v) is 6.59. The maximum Gasteiger partial charge on any atom is 0.237 e. The van der Waals surface area contributed by atoms with Crippen molar-refractivity contribution in [2.45, 2.75) is 32.4 Å². The third-order valence-electron chi connectivity index (χ3n) is 2.91. The number of rotatable bonds is 7. The van der Waals surface area contributed by atoms with Gasteiger partial charge in [-0.1, -0.05) is 13.8 Å². The molecule has 0 bridgehead atoms. The molecule has 0 aliphatic carbocycles. The SMILES string of the molecule is COc1ccc(N)cc1NC(=O)C(C)SCCC(C)C. The first-order chi connectivity index (χ1) is 9.43. The lowest BCUT2D eigenvalue weighted by molar-refractivity contribution is -0.115. The van der Waals surface area contributed by atoms with Crippen LogP contribution in [0.3, 0.4) is 0 Å². The molecule has 0 radical (unpaired) electrons. The fraction of sp³-hybridized carbons (Fsp3) is 0.533. The zero-order valence-corrected chi connectivity index (χ0v) is 13.4. The molecule has 112 valence electrons. The van der Waals surface area contributed by atoms with Crippen molar-refractivity contribution in [1.29, 1.82) is 0 Å². The van der Waals surface area contributed by atoms with Gasteiger partial charge in [-0.25, -0.2) is 0 Å². The number of carbonyl (C=O) groups is 1. The Morgan fingerprint density at radius 3 is 2.70 bits per heavy atom. The van der Waals surface area contributed by atoms with Gasteiger partial charge in [0.05, 0.1) is 18.0 Å². The van der Waals surface area contributed by atoms with Crippen LogP contribution in [0.5, 0.6) is 5.75 Å². The monoisotopic (exact) mass is 296 g/mol. The van der Waals surface area contributed by atoms with E-state index >= 15 is 0 Å². The van der Waals surface area contributed by atoms with Crippen molar-refractivity contribution in [2.75, 3.05) is 23.9 Å². The van der Waals surface area contributed by atoms with E-state index in [2.05, 4.69) is 19.2 Å². The van der Waals surface area contributed by atoms with E-state index in [0.717, 1.165) is 12.2 Å². The Labute approximate surface area is 125 Å². The van der Waals surface area contributed by atoms with Crippen molar-refractivity contribution in [1.82, 2.24) is 0 Å². The minimum Gasteiger partial charge on any atom is -0.495 e. The lowest BCUT2D eigenvalue weighted by Crippen LogP contribution is -2.23. The fourth-order valence-corrected chi connectivity index (χ4v) is 2.79. The van der Waals surface area contributed by atoms with Crippen molar-refractivity contribution in [2.24, 2.45) is 5.92 Å². The van der Waals surface area contributed by atoms with Gasteiger partial charge in [-0.15, -0.1) is 11.8 Å². The van der Waals surface area contributed by atoms with Crippen LogP contribution in [-0.2, 0) is 4.79 Å². The maximum atomic E-state index is 12.1. The molecule has 20 heavy (non-hydrogen) atoms. The van der Waals surface area contributed by atoms with Gasteiger partial charge in [0.15, 0.2) is 0 Å². The first-order valence-electron chi connectivity index (χ1n) is 6.80. The van der Waals surface area contributed by atoms with Crippen molar-refractivity contribution >= 4 is 29.0 Å². The third kappa shape index (κ3) is 5.33. The molecule has 0 aliphatic heterocycles. The largest absolute Gasteiger partial charge is 0.495 e. The van der Waals surface area contributed by atoms with E-state index < -0.39 is 0 Å². The Kier molecular flexibility index (Phi) is 6.71. The molecule has 0 saturated heterocycles. The van der Waals surface area contributed by atoms with Crippen LogP contribution in [0.1, 0.15) is 27.2 Å². The lowest BCUT2D eigenvalue weighted by Gasteiger charge is -2.15. The van der Waals surface area contributed by atoms with Gasteiger partial charge in [-0.2, -0.15) is 0 Å². The molecule has 0 aliphatic rings. The van der Waals surface area contributed by atoms with Gasteiger partial charge in [0.1, 0.15) is 5.75 Å². The maximum absolute atomic E-state index is 12.1. The predicted octanol–water partition coefficient (Wildman–Crippen LogP) is 3.38. The average molecular weight is 296 g/mol. The normalized spacial score (nSPS) is 12.2. The molecule has 1 atom stereocenters. The van der Waals surface area contributed by atoms with Crippen LogP contribution in [0.4, 0.5) is 11.4 Å². The van der Waals surface area contributed by atoms with Gasteiger partial charge < -0.3 is 15.8 Å². The van der Waals surface area contributed by atoms with Crippen molar-refractivity contribution < 1.29 is 9.53 Å². The van der Waals surface area contributed by atoms with Crippen LogP contribution in [-0.4, -0.2) is 24.0 Å². The Hall–Kier alpha value is -1.36. The van der Waals surface area contributed by atoms with E-state index in [1.54, 1.807) is 37.1 Å². The fourth-order valence-electron chi connectivity index (χ4n) is 1.61. The summed E-state index contributed by atoms with van der Waals surface area (Å²) in [6, 6.07) is 5.21. The Balaban J connectivity index is 2.59. The zero-order valence-electron chi connectivity index (χ0n) is 12.6. The number of carbonyl (C=O) groups excluding carboxylic acids is 1. The summed E-state index contributed by atoms with van der Waals surface area (Å²) in [5.41, 5.74) is 6.95. The van der Waals surface area contributed by atoms with Gasteiger partial charge in [0, 0.05) is 5.69 Å². The van der Waals surface area contributed by atoms with E-state index in [9.17, 15) is 4.79 Å². The molecule has 0 aromatic heterocycles. The molecule has 0 fully saturated rings. The number of ether oxygens (including phenoxy) is 1. The van der Waals surface area contributed by atoms with Gasteiger partial charge in [0.2, 0.25) is 5.91 Å². The van der Waals surface area contributed by atoms with Crippen molar-refractivity contribution in [3.63, 3.8) is 0 Å². The van der Waals surface area contributed by atoms with Crippen LogP contribution in [0, 0.1) is 5.92 Å². The highest BCUT2D eigenvalue weighted by molar-refractivity contribution is 8.00. The molecule has 1 aromatic carbocycles. The zero-order chi connectivity index (χ0) is 15.1. The summed E-state index contributed by atoms with van der Waals surface area (Å²) in [5.74, 6) is 2.24. The average Bonchev–Trinajstić information content (AvgIpc) is 2.38. The number of benzene rings is 1. The second kappa shape index (κ2) is 8.04. The molecule has 1 unspecified atom stereocenters. The predicted molar refractivity (Wildman–Crippen MR) is 87.4 cm³/mol. The van der Waals surface area contributed by atoms with Crippen molar-refractivity contribution in [3.8, 4) is 5.75 Å². The standard InChI is InChI=1S/C15H24N2O2S/c1-10(2)7-8-20-11(3)15(18)17-13-9-12(16)5-6-14(13)19-4/h5-6,9-11H,7-8,16H2,1-4H3,(H,17,18). The minimum absolute atomic E-state index is 0.0253. The Morgan fingerprint density at radius 2 is 2.10 bits per heavy atom. The van der Waals surface area contributed by atoms with Crippen LogP contribution in [0.25, 0.3) is 0 Å². The summed E-state index contributed by atoms with van der Waals surface area (Å²) >= 11 is 1.67. The Morgan fingerprint density at radius 1 is 1.40 bits per heavy atom. The van der Waals surface area contributed by atoms with Gasteiger partial charge in [0.25, 0.3) is 0 Å². The number of nitrogen functional groups attached to an aromatic ring is 1. The molecule has 0 heterocycles. The molecule has 1 rings (SSSR count). The summed E-state index contributed by atoms with van der Waals surface area (Å²) in [6.45, 7) is 6.28. The third-order valence-corrected chi connectivity index (χ3v) is 4.10. The van der Waals surface area contributed by atoms with Crippen LogP contribution in [0.2, 0.25) is 0 Å². The number of thioether (sulfide) groups is 1. The summed E-state index contributed by atoms with van der Waals surface area (Å²) in [5, 5.41) is 2.78. The quantitative estimate of drug-likeness (QED) is 0.757. The van der Waals surface area contributed by atoms with Crippen LogP contribution < -0.4 is 15.8 Å². The number of hydrogen-bond donors (Lipinski definition) is 2. The summed E-state index contributed by atoms with van der Waals surface area (Å²) in [6.07, 6.45) is 1.11. The number of nitrogens with two attached hydrogens (primary N) is 1. The highest BCUT2D eigenvalue weighted by Crippen LogP contribution is 2.27. The lowest BCUT2D eigenvalue weighted by atomic mass is 10.2. The number of amides is 1. The first kappa shape index (κ1) is 16.7.